The second-order valence-electron chi connectivity index (χ2n) is 2.04. The molecule has 0 aromatic carbocycles. The Morgan fingerprint density at radius 2 is 2.40 bits per heavy atom. The Bertz CT molecular complexity index is 150. The minimum Gasteiger partial charge on any atom is -0.481 e. The molecule has 0 radical (unpaired) electrons. The zero-order valence-electron chi connectivity index (χ0n) is 5.87. The predicted octanol–water partition coefficient (Wildman–Crippen LogP) is -0.0835. The van der Waals surface area contributed by atoms with Crippen molar-refractivity contribution in [3.63, 3.8) is 0 Å². The maximum absolute atomic E-state index is 10.00. The molecule has 0 amide bonds. The van der Waals surface area contributed by atoms with E-state index < -0.39 is 5.97 Å². The van der Waals surface area contributed by atoms with Crippen LogP contribution in [0.2, 0.25) is 0 Å². The smallest absolute Gasteiger partial charge is 0.304 e. The first-order valence-corrected chi connectivity index (χ1v) is 2.94. The van der Waals surface area contributed by atoms with Gasteiger partial charge in [-0.2, -0.15) is 5.26 Å². The fourth-order valence-corrected chi connectivity index (χ4v) is 0.486. The van der Waals surface area contributed by atoms with E-state index in [-0.39, 0.29) is 13.0 Å². The monoisotopic (exact) mass is 142 g/mol. The third kappa shape index (κ3) is 5.06. The lowest BCUT2D eigenvalue weighted by molar-refractivity contribution is -0.137. The van der Waals surface area contributed by atoms with E-state index in [2.05, 4.69) is 0 Å². The molecule has 0 aliphatic carbocycles. The van der Waals surface area contributed by atoms with E-state index in [1.165, 1.54) is 0 Å². The quantitative estimate of drug-likeness (QED) is 0.557. The summed E-state index contributed by atoms with van der Waals surface area (Å²) in [6.45, 7) is 0.718. The molecule has 10 heavy (non-hydrogen) atoms. The summed E-state index contributed by atoms with van der Waals surface area (Å²) >= 11 is 0. The van der Waals surface area contributed by atoms with Crippen molar-refractivity contribution in [3.05, 3.63) is 0 Å². The lowest BCUT2D eigenvalue weighted by Crippen LogP contribution is -2.21. The molecule has 0 rings (SSSR count). The summed E-state index contributed by atoms with van der Waals surface area (Å²) in [6.07, 6.45) is 0.0954. The van der Waals surface area contributed by atoms with Gasteiger partial charge >= 0.3 is 5.97 Å². The Balaban J connectivity index is 3.32. The largest absolute Gasteiger partial charge is 0.481 e. The van der Waals surface area contributed by atoms with Gasteiger partial charge in [-0.25, -0.2) is 0 Å². The summed E-state index contributed by atoms with van der Waals surface area (Å²) in [5.41, 5.74) is 0. The van der Waals surface area contributed by atoms with E-state index in [0.29, 0.717) is 6.54 Å². The number of aliphatic carboxylic acids is 1. The highest BCUT2D eigenvalue weighted by Gasteiger charge is 1.99. The second-order valence-corrected chi connectivity index (χ2v) is 2.04. The molecule has 0 fully saturated rings. The molecule has 0 aromatic rings. The summed E-state index contributed by atoms with van der Waals surface area (Å²) in [5, 5.41) is 16.4. The van der Waals surface area contributed by atoms with Gasteiger partial charge in [-0.1, -0.05) is 0 Å². The lowest BCUT2D eigenvalue weighted by atomic mass is 10.4. The van der Waals surface area contributed by atoms with Gasteiger partial charge < -0.3 is 5.11 Å². The molecule has 0 aliphatic heterocycles. The number of rotatable bonds is 4. The third-order valence-electron chi connectivity index (χ3n) is 1.05. The van der Waals surface area contributed by atoms with Gasteiger partial charge in [-0.3, -0.25) is 9.69 Å². The van der Waals surface area contributed by atoms with Crippen LogP contribution in [-0.4, -0.2) is 36.1 Å². The highest BCUT2D eigenvalue weighted by molar-refractivity contribution is 5.66. The van der Waals surface area contributed by atoms with Gasteiger partial charge in [0.05, 0.1) is 19.0 Å². The highest BCUT2D eigenvalue weighted by atomic mass is 16.4. The van der Waals surface area contributed by atoms with Crippen LogP contribution in [0.1, 0.15) is 6.42 Å². The van der Waals surface area contributed by atoms with Crippen molar-refractivity contribution in [2.75, 3.05) is 20.1 Å². The van der Waals surface area contributed by atoms with Crippen molar-refractivity contribution in [2.24, 2.45) is 0 Å². The van der Waals surface area contributed by atoms with E-state index >= 15 is 0 Å². The lowest BCUT2D eigenvalue weighted by Gasteiger charge is -2.08. The van der Waals surface area contributed by atoms with Gasteiger partial charge in [0.2, 0.25) is 0 Å². The van der Waals surface area contributed by atoms with Crippen LogP contribution < -0.4 is 0 Å². The average molecular weight is 142 g/mol. The summed E-state index contributed by atoms with van der Waals surface area (Å²) < 4.78 is 0. The van der Waals surface area contributed by atoms with Crippen molar-refractivity contribution < 1.29 is 9.90 Å². The van der Waals surface area contributed by atoms with Crippen LogP contribution in [0, 0.1) is 11.3 Å². The molecule has 1 N–H and O–H groups in total. The first kappa shape index (κ1) is 8.92. The van der Waals surface area contributed by atoms with E-state index in [1.54, 1.807) is 11.9 Å². The molecule has 0 heterocycles. The number of nitriles is 1. The van der Waals surface area contributed by atoms with E-state index in [9.17, 15) is 4.79 Å². The van der Waals surface area contributed by atoms with E-state index in [1.807, 2.05) is 6.07 Å². The highest BCUT2D eigenvalue weighted by Crippen LogP contribution is 1.85. The topological polar surface area (TPSA) is 64.3 Å². The van der Waals surface area contributed by atoms with E-state index in [4.69, 9.17) is 10.4 Å². The van der Waals surface area contributed by atoms with E-state index in [0.717, 1.165) is 0 Å². The minimum atomic E-state index is -0.829. The fourth-order valence-electron chi connectivity index (χ4n) is 0.486. The molecule has 0 saturated carbocycles. The van der Waals surface area contributed by atoms with Crippen LogP contribution >= 0.6 is 0 Å². The Morgan fingerprint density at radius 3 is 2.80 bits per heavy atom. The SMILES string of the molecule is CN(CC#N)CCC(=O)O. The van der Waals surface area contributed by atoms with Crippen LogP contribution in [0.5, 0.6) is 0 Å². The fraction of sp³-hybridized carbons (Fsp3) is 0.667. The zero-order valence-corrected chi connectivity index (χ0v) is 5.87. The Kier molecular flexibility index (Phi) is 4.25. The molecule has 0 unspecified atom stereocenters. The number of hydrogen-bond donors (Lipinski definition) is 1. The molecule has 4 heteroatoms. The first-order valence-electron chi connectivity index (χ1n) is 2.94. The number of carbonyl (C=O) groups is 1. The van der Waals surface area contributed by atoms with Gasteiger partial charge in [-0.15, -0.1) is 0 Å². The molecular formula is C6H10N2O2. The summed E-state index contributed by atoms with van der Waals surface area (Å²) in [4.78, 5) is 11.7. The normalized spacial score (nSPS) is 9.30. The maximum atomic E-state index is 10.00. The number of carboxylic acid groups (broad SMARTS) is 1. The standard InChI is InChI=1S/C6H10N2O2/c1-8(5-3-7)4-2-6(9)10/h2,4-5H2,1H3,(H,9,10). The van der Waals surface area contributed by atoms with Gasteiger partial charge in [0.25, 0.3) is 0 Å². The Labute approximate surface area is 59.7 Å². The van der Waals surface area contributed by atoms with Crippen molar-refractivity contribution in [3.8, 4) is 6.07 Å². The molecule has 0 aliphatic rings. The molecule has 56 valence electrons. The van der Waals surface area contributed by atoms with Gasteiger partial charge in [0, 0.05) is 6.54 Å². The predicted molar refractivity (Wildman–Crippen MR) is 35.4 cm³/mol. The molecule has 0 spiro atoms. The van der Waals surface area contributed by atoms with Crippen molar-refractivity contribution in [1.29, 1.82) is 5.26 Å². The van der Waals surface area contributed by atoms with Crippen LogP contribution in [-0.2, 0) is 4.79 Å². The molecular weight excluding hydrogens is 132 g/mol. The minimum absolute atomic E-state index is 0.0954. The second kappa shape index (κ2) is 4.77. The van der Waals surface area contributed by atoms with Crippen molar-refractivity contribution in [2.45, 2.75) is 6.42 Å². The van der Waals surface area contributed by atoms with Crippen molar-refractivity contribution >= 4 is 5.97 Å². The molecule has 4 nitrogen and oxygen atoms in total. The number of carboxylic acids is 1. The van der Waals surface area contributed by atoms with Gasteiger partial charge in [-0.05, 0) is 7.05 Å². The van der Waals surface area contributed by atoms with Crippen LogP contribution in [0.3, 0.4) is 0 Å². The molecule has 0 saturated heterocycles. The van der Waals surface area contributed by atoms with Crippen LogP contribution in [0.15, 0.2) is 0 Å². The van der Waals surface area contributed by atoms with Gasteiger partial charge in [0.15, 0.2) is 0 Å². The number of nitrogens with zero attached hydrogens (tertiary/aromatic N) is 2. The summed E-state index contributed by atoms with van der Waals surface area (Å²) in [5.74, 6) is -0.829. The Morgan fingerprint density at radius 1 is 1.80 bits per heavy atom. The maximum Gasteiger partial charge on any atom is 0.304 e. The third-order valence-corrected chi connectivity index (χ3v) is 1.05. The number of hydrogen-bond acceptors (Lipinski definition) is 3. The van der Waals surface area contributed by atoms with Crippen LogP contribution in [0.25, 0.3) is 0 Å². The van der Waals surface area contributed by atoms with Crippen molar-refractivity contribution in [1.82, 2.24) is 4.90 Å². The Hall–Kier alpha value is -1.08. The zero-order chi connectivity index (χ0) is 7.98. The molecule has 0 bridgehead atoms. The first-order chi connectivity index (χ1) is 4.66. The van der Waals surface area contributed by atoms with Crippen LogP contribution in [0.4, 0.5) is 0 Å². The molecule has 0 atom stereocenters. The summed E-state index contributed by atoms with van der Waals surface area (Å²) in [7, 11) is 1.71. The molecule has 0 aromatic heterocycles. The summed E-state index contributed by atoms with van der Waals surface area (Å²) in [6, 6.07) is 1.92. The average Bonchev–Trinajstić information content (AvgIpc) is 1.85. The van der Waals surface area contributed by atoms with Gasteiger partial charge in [0.1, 0.15) is 0 Å².